The standard InChI is InChI=1S/C13H24N2O4/c1-12(2,3)10(17)14-8-6-7-9(16)15-13(4,5)11(18)19/h6-8H2,1-5H3,(H,14,17)(H,15,16)(H,18,19). The largest absolute Gasteiger partial charge is 0.480 e. The van der Waals surface area contributed by atoms with E-state index in [0.717, 1.165) is 0 Å². The lowest BCUT2D eigenvalue weighted by Gasteiger charge is -2.21. The summed E-state index contributed by atoms with van der Waals surface area (Å²) in [4.78, 5) is 33.9. The molecule has 0 fully saturated rings. The van der Waals surface area contributed by atoms with E-state index in [0.29, 0.717) is 13.0 Å². The van der Waals surface area contributed by atoms with E-state index in [1.54, 1.807) is 0 Å². The van der Waals surface area contributed by atoms with Gasteiger partial charge in [-0.2, -0.15) is 0 Å². The Balaban J connectivity index is 3.95. The molecule has 0 bridgehead atoms. The van der Waals surface area contributed by atoms with Crippen molar-refractivity contribution in [1.29, 1.82) is 0 Å². The van der Waals surface area contributed by atoms with Crippen LogP contribution in [0, 0.1) is 5.41 Å². The van der Waals surface area contributed by atoms with Crippen LogP contribution in [-0.4, -0.2) is 35.0 Å². The number of carboxylic acids is 1. The molecular weight excluding hydrogens is 248 g/mol. The SMILES string of the molecule is CC(C)(C)C(=O)NCCCC(=O)NC(C)(C)C(=O)O. The molecule has 19 heavy (non-hydrogen) atoms. The summed E-state index contributed by atoms with van der Waals surface area (Å²) in [6, 6.07) is 0. The Labute approximate surface area is 113 Å². The Hall–Kier alpha value is -1.59. The van der Waals surface area contributed by atoms with Crippen molar-refractivity contribution in [2.24, 2.45) is 5.41 Å². The molecule has 0 radical (unpaired) electrons. The third-order valence-corrected chi connectivity index (χ3v) is 2.53. The summed E-state index contributed by atoms with van der Waals surface area (Å²) < 4.78 is 0. The highest BCUT2D eigenvalue weighted by atomic mass is 16.4. The predicted octanol–water partition coefficient (Wildman–Crippen LogP) is 0.908. The summed E-state index contributed by atoms with van der Waals surface area (Å²) in [6.07, 6.45) is 0.657. The van der Waals surface area contributed by atoms with Crippen LogP contribution in [0.15, 0.2) is 0 Å². The normalized spacial score (nSPS) is 11.8. The van der Waals surface area contributed by atoms with Gasteiger partial charge in [0, 0.05) is 18.4 Å². The van der Waals surface area contributed by atoms with E-state index in [1.165, 1.54) is 13.8 Å². The van der Waals surface area contributed by atoms with Crippen LogP contribution in [0.5, 0.6) is 0 Å². The molecule has 0 aliphatic heterocycles. The number of nitrogens with one attached hydrogen (secondary N) is 2. The molecule has 0 aliphatic carbocycles. The van der Waals surface area contributed by atoms with Gasteiger partial charge in [-0.05, 0) is 20.3 Å². The van der Waals surface area contributed by atoms with Crippen LogP contribution in [-0.2, 0) is 14.4 Å². The minimum Gasteiger partial charge on any atom is -0.480 e. The average molecular weight is 272 g/mol. The molecule has 0 unspecified atom stereocenters. The van der Waals surface area contributed by atoms with Crippen LogP contribution in [0.3, 0.4) is 0 Å². The summed E-state index contributed by atoms with van der Waals surface area (Å²) in [6.45, 7) is 8.68. The molecule has 0 heterocycles. The number of aliphatic carboxylic acids is 1. The van der Waals surface area contributed by atoms with Gasteiger partial charge in [0.15, 0.2) is 0 Å². The van der Waals surface area contributed by atoms with E-state index >= 15 is 0 Å². The Bertz CT molecular complexity index is 356. The fourth-order valence-electron chi connectivity index (χ4n) is 1.18. The van der Waals surface area contributed by atoms with E-state index in [2.05, 4.69) is 10.6 Å². The lowest BCUT2D eigenvalue weighted by Crippen LogP contribution is -2.49. The summed E-state index contributed by atoms with van der Waals surface area (Å²) >= 11 is 0. The summed E-state index contributed by atoms with van der Waals surface area (Å²) in [5.74, 6) is -1.49. The third kappa shape index (κ3) is 6.79. The number of amides is 2. The molecule has 0 spiro atoms. The number of rotatable bonds is 6. The molecule has 3 N–H and O–H groups in total. The Morgan fingerprint density at radius 2 is 1.58 bits per heavy atom. The van der Waals surface area contributed by atoms with Crippen LogP contribution in [0.25, 0.3) is 0 Å². The molecule has 6 nitrogen and oxygen atoms in total. The topological polar surface area (TPSA) is 95.5 Å². The van der Waals surface area contributed by atoms with Gasteiger partial charge in [0.2, 0.25) is 11.8 Å². The van der Waals surface area contributed by atoms with Crippen LogP contribution in [0.1, 0.15) is 47.5 Å². The third-order valence-electron chi connectivity index (χ3n) is 2.53. The second kappa shape index (κ2) is 6.54. The number of hydrogen-bond donors (Lipinski definition) is 3. The first-order chi connectivity index (χ1) is 8.47. The van der Waals surface area contributed by atoms with Gasteiger partial charge in [-0.25, -0.2) is 4.79 Å². The fourth-order valence-corrected chi connectivity index (χ4v) is 1.18. The maximum atomic E-state index is 11.5. The zero-order chi connectivity index (χ0) is 15.3. The van der Waals surface area contributed by atoms with Crippen molar-refractivity contribution in [3.05, 3.63) is 0 Å². The van der Waals surface area contributed by atoms with Crippen molar-refractivity contribution in [3.8, 4) is 0 Å². The molecule has 110 valence electrons. The molecule has 0 saturated carbocycles. The zero-order valence-electron chi connectivity index (χ0n) is 12.3. The van der Waals surface area contributed by atoms with Gasteiger partial charge in [0.25, 0.3) is 0 Å². The van der Waals surface area contributed by atoms with Gasteiger partial charge in [0.05, 0.1) is 0 Å². The van der Waals surface area contributed by atoms with Gasteiger partial charge in [0.1, 0.15) is 5.54 Å². The van der Waals surface area contributed by atoms with Crippen LogP contribution in [0.4, 0.5) is 0 Å². The van der Waals surface area contributed by atoms with E-state index in [9.17, 15) is 14.4 Å². The lowest BCUT2D eigenvalue weighted by molar-refractivity contribution is -0.146. The predicted molar refractivity (Wildman–Crippen MR) is 71.6 cm³/mol. The maximum absolute atomic E-state index is 11.5. The molecule has 0 aliphatic rings. The Kier molecular flexibility index (Phi) is 5.99. The van der Waals surface area contributed by atoms with E-state index in [1.807, 2.05) is 20.8 Å². The van der Waals surface area contributed by atoms with Crippen molar-refractivity contribution in [2.45, 2.75) is 53.0 Å². The minimum atomic E-state index is -1.27. The molecule has 0 saturated heterocycles. The van der Waals surface area contributed by atoms with Crippen LogP contribution >= 0.6 is 0 Å². The molecule has 0 aromatic rings. The molecular formula is C13H24N2O4. The highest BCUT2D eigenvalue weighted by molar-refractivity contribution is 5.86. The lowest BCUT2D eigenvalue weighted by atomic mass is 9.96. The van der Waals surface area contributed by atoms with Crippen molar-refractivity contribution in [3.63, 3.8) is 0 Å². The molecule has 0 rings (SSSR count). The van der Waals surface area contributed by atoms with Crippen molar-refractivity contribution < 1.29 is 19.5 Å². The average Bonchev–Trinajstić information content (AvgIpc) is 2.21. The van der Waals surface area contributed by atoms with Gasteiger partial charge in [-0.15, -0.1) is 0 Å². The van der Waals surface area contributed by atoms with Gasteiger partial charge in [-0.1, -0.05) is 20.8 Å². The highest BCUT2D eigenvalue weighted by Gasteiger charge is 2.28. The van der Waals surface area contributed by atoms with Crippen molar-refractivity contribution in [1.82, 2.24) is 10.6 Å². The van der Waals surface area contributed by atoms with Gasteiger partial charge < -0.3 is 15.7 Å². The molecule has 0 aromatic carbocycles. The second-order valence-electron chi connectivity index (χ2n) is 6.09. The summed E-state index contributed by atoms with van der Waals surface area (Å²) in [7, 11) is 0. The number of carboxylic acid groups (broad SMARTS) is 1. The number of carbonyl (C=O) groups is 3. The molecule has 6 heteroatoms. The number of carbonyl (C=O) groups excluding carboxylic acids is 2. The fraction of sp³-hybridized carbons (Fsp3) is 0.769. The first-order valence-corrected chi connectivity index (χ1v) is 6.29. The van der Waals surface area contributed by atoms with Crippen molar-refractivity contribution in [2.75, 3.05) is 6.54 Å². The van der Waals surface area contributed by atoms with Crippen LogP contribution in [0.2, 0.25) is 0 Å². The zero-order valence-corrected chi connectivity index (χ0v) is 12.3. The first-order valence-electron chi connectivity index (χ1n) is 6.29. The van der Waals surface area contributed by atoms with E-state index in [4.69, 9.17) is 5.11 Å². The quantitative estimate of drug-likeness (QED) is 0.626. The summed E-state index contributed by atoms with van der Waals surface area (Å²) in [5.41, 5.74) is -1.72. The molecule has 0 atom stereocenters. The maximum Gasteiger partial charge on any atom is 0.328 e. The van der Waals surface area contributed by atoms with Crippen LogP contribution < -0.4 is 10.6 Å². The Morgan fingerprint density at radius 3 is 2.00 bits per heavy atom. The monoisotopic (exact) mass is 272 g/mol. The van der Waals surface area contributed by atoms with E-state index in [-0.39, 0.29) is 18.2 Å². The minimum absolute atomic E-state index is 0.0706. The molecule has 0 aromatic heterocycles. The van der Waals surface area contributed by atoms with Gasteiger partial charge in [-0.3, -0.25) is 9.59 Å². The number of hydrogen-bond acceptors (Lipinski definition) is 3. The smallest absolute Gasteiger partial charge is 0.328 e. The highest BCUT2D eigenvalue weighted by Crippen LogP contribution is 2.12. The summed E-state index contributed by atoms with van der Waals surface area (Å²) in [5, 5.41) is 14.0. The first kappa shape index (κ1) is 17.4. The molecule has 2 amide bonds. The van der Waals surface area contributed by atoms with Gasteiger partial charge >= 0.3 is 5.97 Å². The van der Waals surface area contributed by atoms with E-state index < -0.39 is 16.9 Å². The Morgan fingerprint density at radius 1 is 1.05 bits per heavy atom. The van der Waals surface area contributed by atoms with Crippen molar-refractivity contribution >= 4 is 17.8 Å². The second-order valence-corrected chi connectivity index (χ2v) is 6.09.